The van der Waals surface area contributed by atoms with Crippen molar-refractivity contribution in [2.24, 2.45) is 5.73 Å². The lowest BCUT2D eigenvalue weighted by molar-refractivity contribution is -0.0944. The topological polar surface area (TPSA) is 42.1 Å². The normalized spacial score (nSPS) is 16.3. The van der Waals surface area contributed by atoms with Crippen LogP contribution in [-0.2, 0) is 6.54 Å². The molecule has 3 nitrogen and oxygen atoms in total. The van der Waals surface area contributed by atoms with Crippen molar-refractivity contribution in [3.63, 3.8) is 0 Å². The zero-order valence-corrected chi connectivity index (χ0v) is 12.2. The first kappa shape index (κ1) is 15.8. The van der Waals surface area contributed by atoms with Gasteiger partial charge in [0.05, 0.1) is 0 Å². The van der Waals surface area contributed by atoms with Crippen LogP contribution in [0.3, 0.4) is 0 Å². The molecule has 0 bridgehead atoms. The van der Waals surface area contributed by atoms with Crippen molar-refractivity contribution in [1.82, 2.24) is 4.98 Å². The first-order valence-corrected chi connectivity index (χ1v) is 7.03. The Labute approximate surface area is 122 Å². The third-order valence-electron chi connectivity index (χ3n) is 3.62. The summed E-state index contributed by atoms with van der Waals surface area (Å²) in [5.74, 6) is 0.959. The molecular weight excluding hydrogens is 279 g/mol. The van der Waals surface area contributed by atoms with Gasteiger partial charge in [-0.2, -0.15) is 13.2 Å². The van der Waals surface area contributed by atoms with Crippen molar-refractivity contribution in [3.05, 3.63) is 35.0 Å². The maximum absolute atomic E-state index is 12.6. The first-order chi connectivity index (χ1) is 9.81. The predicted molar refractivity (Wildman–Crippen MR) is 77.2 cm³/mol. The van der Waals surface area contributed by atoms with E-state index in [1.807, 2.05) is 30.9 Å². The molecule has 0 aliphatic carbocycles. The lowest BCUT2D eigenvalue weighted by atomic mass is 10.1. The summed E-state index contributed by atoms with van der Waals surface area (Å²) in [6.45, 7) is 5.01. The molecule has 2 N–H and O–H groups in total. The van der Waals surface area contributed by atoms with Crippen LogP contribution in [0.2, 0.25) is 0 Å². The van der Waals surface area contributed by atoms with Crippen LogP contribution in [0.15, 0.2) is 23.8 Å². The van der Waals surface area contributed by atoms with Crippen molar-refractivity contribution in [2.75, 3.05) is 18.0 Å². The van der Waals surface area contributed by atoms with Crippen LogP contribution in [0.5, 0.6) is 0 Å². The summed E-state index contributed by atoms with van der Waals surface area (Å²) in [5.41, 5.74) is 7.11. The third-order valence-corrected chi connectivity index (χ3v) is 3.62. The van der Waals surface area contributed by atoms with Crippen LogP contribution in [0.25, 0.3) is 0 Å². The highest BCUT2D eigenvalue weighted by Crippen LogP contribution is 2.31. The molecule has 1 aliphatic rings. The van der Waals surface area contributed by atoms with E-state index in [0.29, 0.717) is 18.9 Å². The molecule has 21 heavy (non-hydrogen) atoms. The van der Waals surface area contributed by atoms with Gasteiger partial charge in [-0.3, -0.25) is 0 Å². The van der Waals surface area contributed by atoms with Gasteiger partial charge in [-0.25, -0.2) is 4.98 Å². The molecule has 1 aromatic heterocycles. The summed E-state index contributed by atoms with van der Waals surface area (Å²) >= 11 is 0. The SMILES string of the molecule is CC(C)c1cc(CN)cc(N2CC=C(C(F)(F)F)CC2)n1. The van der Waals surface area contributed by atoms with Crippen molar-refractivity contribution in [2.45, 2.75) is 38.9 Å². The smallest absolute Gasteiger partial charge is 0.353 e. The summed E-state index contributed by atoms with van der Waals surface area (Å²) < 4.78 is 37.9. The van der Waals surface area contributed by atoms with E-state index >= 15 is 0 Å². The Bertz CT molecular complexity index is 535. The largest absolute Gasteiger partial charge is 0.412 e. The van der Waals surface area contributed by atoms with E-state index in [-0.39, 0.29) is 18.9 Å². The van der Waals surface area contributed by atoms with E-state index in [1.165, 1.54) is 6.08 Å². The van der Waals surface area contributed by atoms with Crippen LogP contribution in [0.1, 0.15) is 37.4 Å². The average Bonchev–Trinajstić information content (AvgIpc) is 2.46. The molecule has 1 aromatic rings. The molecule has 1 aliphatic heterocycles. The van der Waals surface area contributed by atoms with Crippen molar-refractivity contribution in [3.8, 4) is 0 Å². The summed E-state index contributed by atoms with van der Waals surface area (Å²) in [4.78, 5) is 6.41. The first-order valence-electron chi connectivity index (χ1n) is 7.03. The maximum Gasteiger partial charge on any atom is 0.412 e. The number of hydrogen-bond acceptors (Lipinski definition) is 3. The zero-order chi connectivity index (χ0) is 15.6. The Morgan fingerprint density at radius 1 is 1.33 bits per heavy atom. The van der Waals surface area contributed by atoms with Crippen LogP contribution in [-0.4, -0.2) is 24.2 Å². The Kier molecular flexibility index (Phi) is 4.56. The number of halogens is 3. The Morgan fingerprint density at radius 2 is 2.05 bits per heavy atom. The molecule has 0 fully saturated rings. The molecular formula is C15H20F3N3. The minimum Gasteiger partial charge on any atom is -0.353 e. The summed E-state index contributed by atoms with van der Waals surface area (Å²) in [6.07, 6.45) is -2.98. The van der Waals surface area contributed by atoms with Gasteiger partial charge in [0, 0.05) is 30.9 Å². The molecule has 0 amide bonds. The Balaban J connectivity index is 2.24. The number of anilines is 1. The molecule has 0 aromatic carbocycles. The molecule has 2 rings (SSSR count). The van der Waals surface area contributed by atoms with E-state index in [2.05, 4.69) is 4.98 Å². The number of hydrogen-bond donors (Lipinski definition) is 1. The van der Waals surface area contributed by atoms with E-state index < -0.39 is 11.7 Å². The highest BCUT2D eigenvalue weighted by molar-refractivity contribution is 5.45. The second-order valence-corrected chi connectivity index (χ2v) is 5.54. The second kappa shape index (κ2) is 6.05. The fourth-order valence-electron chi connectivity index (χ4n) is 2.30. The maximum atomic E-state index is 12.6. The highest BCUT2D eigenvalue weighted by Gasteiger charge is 2.34. The van der Waals surface area contributed by atoms with E-state index in [4.69, 9.17) is 5.73 Å². The lowest BCUT2D eigenvalue weighted by Crippen LogP contribution is -2.32. The Morgan fingerprint density at radius 3 is 2.52 bits per heavy atom. The van der Waals surface area contributed by atoms with Gasteiger partial charge in [0.2, 0.25) is 0 Å². The fraction of sp³-hybridized carbons (Fsp3) is 0.533. The highest BCUT2D eigenvalue weighted by atomic mass is 19.4. The van der Waals surface area contributed by atoms with Gasteiger partial charge in [0.25, 0.3) is 0 Å². The monoisotopic (exact) mass is 299 g/mol. The van der Waals surface area contributed by atoms with Gasteiger partial charge < -0.3 is 10.6 Å². The Hall–Kier alpha value is -1.56. The molecule has 0 saturated carbocycles. The van der Waals surface area contributed by atoms with Crippen LogP contribution < -0.4 is 10.6 Å². The van der Waals surface area contributed by atoms with Crippen molar-refractivity contribution in [1.29, 1.82) is 0 Å². The minimum atomic E-state index is -4.22. The van der Waals surface area contributed by atoms with Crippen LogP contribution >= 0.6 is 0 Å². The van der Waals surface area contributed by atoms with Gasteiger partial charge in [-0.05, 0) is 30.0 Å². The van der Waals surface area contributed by atoms with E-state index in [1.54, 1.807) is 0 Å². The number of pyridine rings is 1. The molecule has 0 radical (unpaired) electrons. The van der Waals surface area contributed by atoms with E-state index in [9.17, 15) is 13.2 Å². The molecule has 0 atom stereocenters. The number of alkyl halides is 3. The van der Waals surface area contributed by atoms with Crippen molar-refractivity contribution >= 4 is 5.82 Å². The van der Waals surface area contributed by atoms with Crippen LogP contribution in [0, 0.1) is 0 Å². The molecule has 0 saturated heterocycles. The third kappa shape index (κ3) is 3.75. The van der Waals surface area contributed by atoms with Crippen molar-refractivity contribution < 1.29 is 13.2 Å². The van der Waals surface area contributed by atoms with E-state index in [0.717, 1.165) is 11.3 Å². The molecule has 2 heterocycles. The van der Waals surface area contributed by atoms with Gasteiger partial charge >= 0.3 is 6.18 Å². The standard InChI is InChI=1S/C15H20F3N3/c1-10(2)13-7-11(9-19)8-14(20-13)21-5-3-12(4-6-21)15(16,17)18/h3,7-8,10H,4-6,9,19H2,1-2H3. The fourth-order valence-corrected chi connectivity index (χ4v) is 2.30. The average molecular weight is 299 g/mol. The number of rotatable bonds is 3. The zero-order valence-electron chi connectivity index (χ0n) is 12.2. The van der Waals surface area contributed by atoms with Crippen LogP contribution in [0.4, 0.5) is 19.0 Å². The van der Waals surface area contributed by atoms with Gasteiger partial charge in [0.1, 0.15) is 5.82 Å². The van der Waals surface area contributed by atoms with Gasteiger partial charge in [0.15, 0.2) is 0 Å². The summed E-state index contributed by atoms with van der Waals surface area (Å²) in [6, 6.07) is 3.81. The number of nitrogens with zero attached hydrogens (tertiary/aromatic N) is 2. The second-order valence-electron chi connectivity index (χ2n) is 5.54. The lowest BCUT2D eigenvalue weighted by Gasteiger charge is -2.29. The number of aromatic nitrogens is 1. The van der Waals surface area contributed by atoms with Gasteiger partial charge in [-0.1, -0.05) is 19.9 Å². The summed E-state index contributed by atoms with van der Waals surface area (Å²) in [7, 11) is 0. The predicted octanol–water partition coefficient (Wildman–Crippen LogP) is 3.36. The molecule has 6 heteroatoms. The molecule has 0 unspecified atom stereocenters. The molecule has 116 valence electrons. The molecule has 0 spiro atoms. The quantitative estimate of drug-likeness (QED) is 0.870. The van der Waals surface area contributed by atoms with Gasteiger partial charge in [-0.15, -0.1) is 0 Å². The minimum absolute atomic E-state index is 0.00492. The number of nitrogens with two attached hydrogens (primary N) is 1. The summed E-state index contributed by atoms with van der Waals surface area (Å²) in [5, 5.41) is 0.